The molecule has 0 saturated carbocycles. The van der Waals surface area contributed by atoms with Crippen LogP contribution in [0.15, 0.2) is 24.3 Å². The topological polar surface area (TPSA) is 102 Å². The van der Waals surface area contributed by atoms with Gasteiger partial charge in [0.2, 0.25) is 5.91 Å². The van der Waals surface area contributed by atoms with E-state index in [2.05, 4.69) is 5.32 Å². The van der Waals surface area contributed by atoms with Gasteiger partial charge in [0.15, 0.2) is 0 Å². The molecule has 0 unspecified atom stereocenters. The van der Waals surface area contributed by atoms with Gasteiger partial charge >= 0.3 is 5.97 Å². The minimum Gasteiger partial charge on any atom is -0.497 e. The Morgan fingerprint density at radius 3 is 2.32 bits per heavy atom. The number of carboxylic acids is 1. The Kier molecular flexibility index (Phi) is 6.85. The third-order valence-electron chi connectivity index (χ3n) is 3.28. The van der Waals surface area contributed by atoms with E-state index in [1.807, 2.05) is 13.8 Å². The number of hydrogen-bond donors (Lipinski definition) is 3. The number of carboxylic acid groups (broad SMARTS) is 1. The standard InChI is InChI=1S/C16H24N2O4/c1-10(2)8-13(17)15(19)18-14(16(20)21)9-11-4-6-12(22-3)7-5-11/h4-7,10,13-14H,8-9,17H2,1-3H3,(H,18,19)(H,20,21)/t13-,14+/m0/s1. The van der Waals surface area contributed by atoms with Crippen LogP contribution >= 0.6 is 0 Å². The molecule has 0 aliphatic heterocycles. The molecule has 0 aliphatic rings. The van der Waals surface area contributed by atoms with Crippen molar-refractivity contribution in [1.29, 1.82) is 0 Å². The summed E-state index contributed by atoms with van der Waals surface area (Å²) in [6, 6.07) is 5.35. The van der Waals surface area contributed by atoms with E-state index in [0.29, 0.717) is 12.2 Å². The molecule has 0 aliphatic carbocycles. The number of amides is 1. The van der Waals surface area contributed by atoms with Crippen LogP contribution in [0.5, 0.6) is 5.75 Å². The third-order valence-corrected chi connectivity index (χ3v) is 3.28. The molecule has 0 saturated heterocycles. The molecule has 1 rings (SSSR count). The zero-order valence-corrected chi connectivity index (χ0v) is 13.2. The normalized spacial score (nSPS) is 13.5. The van der Waals surface area contributed by atoms with Gasteiger partial charge in [-0.05, 0) is 30.0 Å². The minimum absolute atomic E-state index is 0.194. The molecular weight excluding hydrogens is 284 g/mol. The SMILES string of the molecule is COc1ccc(C[C@@H](NC(=O)[C@@H](N)CC(C)C)C(=O)O)cc1. The molecule has 2 atom stereocenters. The third kappa shape index (κ3) is 5.73. The Morgan fingerprint density at radius 1 is 1.27 bits per heavy atom. The van der Waals surface area contributed by atoms with Gasteiger partial charge in [0.05, 0.1) is 13.2 Å². The van der Waals surface area contributed by atoms with Gasteiger partial charge in [-0.1, -0.05) is 26.0 Å². The highest BCUT2D eigenvalue weighted by molar-refractivity contribution is 5.86. The fourth-order valence-corrected chi connectivity index (χ4v) is 2.09. The highest BCUT2D eigenvalue weighted by Gasteiger charge is 2.24. The Hall–Kier alpha value is -2.08. The van der Waals surface area contributed by atoms with Crippen molar-refractivity contribution >= 4 is 11.9 Å². The predicted molar refractivity (Wildman–Crippen MR) is 83.7 cm³/mol. The minimum atomic E-state index is -1.08. The van der Waals surface area contributed by atoms with E-state index >= 15 is 0 Å². The maximum atomic E-state index is 12.0. The number of ether oxygens (including phenoxy) is 1. The fourth-order valence-electron chi connectivity index (χ4n) is 2.09. The van der Waals surface area contributed by atoms with Crippen molar-refractivity contribution < 1.29 is 19.4 Å². The molecule has 6 heteroatoms. The number of carbonyl (C=O) groups excluding carboxylic acids is 1. The summed E-state index contributed by atoms with van der Waals surface area (Å²) in [7, 11) is 1.56. The molecule has 0 bridgehead atoms. The Labute approximate surface area is 130 Å². The Balaban J connectivity index is 2.68. The van der Waals surface area contributed by atoms with Crippen molar-refractivity contribution in [1.82, 2.24) is 5.32 Å². The van der Waals surface area contributed by atoms with Crippen LogP contribution in [0.3, 0.4) is 0 Å². The summed E-state index contributed by atoms with van der Waals surface area (Å²) in [6.07, 6.45) is 0.709. The van der Waals surface area contributed by atoms with Crippen LogP contribution in [0.4, 0.5) is 0 Å². The van der Waals surface area contributed by atoms with E-state index in [1.54, 1.807) is 31.4 Å². The highest BCUT2D eigenvalue weighted by Crippen LogP contribution is 2.13. The summed E-state index contributed by atoms with van der Waals surface area (Å²) in [6.45, 7) is 3.92. The first-order valence-corrected chi connectivity index (χ1v) is 7.25. The second-order valence-electron chi connectivity index (χ2n) is 5.69. The summed E-state index contributed by atoms with van der Waals surface area (Å²) >= 11 is 0. The van der Waals surface area contributed by atoms with Crippen LogP contribution in [0.1, 0.15) is 25.8 Å². The number of nitrogens with two attached hydrogens (primary N) is 1. The number of rotatable bonds is 8. The van der Waals surface area contributed by atoms with Crippen molar-refractivity contribution in [3.63, 3.8) is 0 Å². The number of aliphatic carboxylic acids is 1. The number of benzene rings is 1. The van der Waals surface area contributed by atoms with Gasteiger partial charge in [0.1, 0.15) is 11.8 Å². The average Bonchev–Trinajstić information content (AvgIpc) is 2.46. The monoisotopic (exact) mass is 308 g/mol. The maximum Gasteiger partial charge on any atom is 0.326 e. The smallest absolute Gasteiger partial charge is 0.326 e. The lowest BCUT2D eigenvalue weighted by molar-refractivity contribution is -0.142. The van der Waals surface area contributed by atoms with E-state index in [-0.39, 0.29) is 12.3 Å². The molecule has 122 valence electrons. The molecule has 0 aromatic heterocycles. The van der Waals surface area contributed by atoms with E-state index in [0.717, 1.165) is 5.56 Å². The highest BCUT2D eigenvalue weighted by atomic mass is 16.5. The van der Waals surface area contributed by atoms with E-state index in [1.165, 1.54) is 0 Å². The molecule has 0 heterocycles. The molecule has 6 nitrogen and oxygen atoms in total. The summed E-state index contributed by atoms with van der Waals surface area (Å²) in [4.78, 5) is 23.3. The second-order valence-corrected chi connectivity index (χ2v) is 5.69. The van der Waals surface area contributed by atoms with Gasteiger partial charge < -0.3 is 20.9 Å². The Bertz CT molecular complexity index is 499. The lowest BCUT2D eigenvalue weighted by Gasteiger charge is -2.19. The average molecular weight is 308 g/mol. The van der Waals surface area contributed by atoms with Crippen LogP contribution in [-0.4, -0.2) is 36.2 Å². The first-order valence-electron chi connectivity index (χ1n) is 7.25. The lowest BCUT2D eigenvalue weighted by Crippen LogP contribution is -2.49. The number of hydrogen-bond acceptors (Lipinski definition) is 4. The van der Waals surface area contributed by atoms with Crippen LogP contribution in [0.2, 0.25) is 0 Å². The maximum absolute atomic E-state index is 12.0. The largest absolute Gasteiger partial charge is 0.497 e. The van der Waals surface area contributed by atoms with Crippen molar-refractivity contribution in [2.75, 3.05) is 7.11 Å². The van der Waals surface area contributed by atoms with Gasteiger partial charge in [-0.15, -0.1) is 0 Å². The van der Waals surface area contributed by atoms with Crippen molar-refractivity contribution in [2.45, 2.75) is 38.8 Å². The zero-order valence-electron chi connectivity index (χ0n) is 13.2. The molecule has 0 spiro atoms. The molecule has 22 heavy (non-hydrogen) atoms. The van der Waals surface area contributed by atoms with Gasteiger partial charge in [-0.3, -0.25) is 4.79 Å². The van der Waals surface area contributed by atoms with E-state index in [4.69, 9.17) is 10.5 Å². The number of carbonyl (C=O) groups is 2. The van der Waals surface area contributed by atoms with Gasteiger partial charge in [0.25, 0.3) is 0 Å². The molecule has 4 N–H and O–H groups in total. The first kappa shape index (κ1) is 18.0. The molecular formula is C16H24N2O4. The summed E-state index contributed by atoms with van der Waals surface area (Å²) in [5, 5.41) is 11.8. The molecule has 1 aromatic rings. The number of nitrogens with one attached hydrogen (secondary N) is 1. The molecule has 1 aromatic carbocycles. The van der Waals surface area contributed by atoms with Crippen LogP contribution in [-0.2, 0) is 16.0 Å². The fraction of sp³-hybridized carbons (Fsp3) is 0.500. The van der Waals surface area contributed by atoms with E-state index in [9.17, 15) is 14.7 Å². The van der Waals surface area contributed by atoms with Crippen LogP contribution < -0.4 is 15.8 Å². The molecule has 1 amide bonds. The summed E-state index contributed by atoms with van der Waals surface area (Å²) < 4.78 is 5.05. The van der Waals surface area contributed by atoms with Gasteiger partial charge in [-0.2, -0.15) is 0 Å². The van der Waals surface area contributed by atoms with Crippen molar-refractivity contribution in [3.05, 3.63) is 29.8 Å². The zero-order chi connectivity index (χ0) is 16.7. The first-order chi connectivity index (χ1) is 10.3. The number of methoxy groups -OCH3 is 1. The van der Waals surface area contributed by atoms with Crippen LogP contribution in [0, 0.1) is 5.92 Å². The predicted octanol–water partition coefficient (Wildman–Crippen LogP) is 1.18. The lowest BCUT2D eigenvalue weighted by atomic mass is 10.0. The quantitative estimate of drug-likeness (QED) is 0.669. The molecule has 0 radical (unpaired) electrons. The Morgan fingerprint density at radius 2 is 1.86 bits per heavy atom. The van der Waals surface area contributed by atoms with E-state index < -0.39 is 24.0 Å². The second kappa shape index (κ2) is 8.38. The van der Waals surface area contributed by atoms with Gasteiger partial charge in [-0.25, -0.2) is 4.79 Å². The van der Waals surface area contributed by atoms with Crippen molar-refractivity contribution in [2.24, 2.45) is 11.7 Å². The van der Waals surface area contributed by atoms with Gasteiger partial charge in [0, 0.05) is 6.42 Å². The molecule has 0 fully saturated rings. The van der Waals surface area contributed by atoms with Crippen molar-refractivity contribution in [3.8, 4) is 5.75 Å². The summed E-state index contributed by atoms with van der Waals surface area (Å²) in [5.41, 5.74) is 6.57. The summed E-state index contributed by atoms with van der Waals surface area (Å²) in [5.74, 6) is -0.556. The van der Waals surface area contributed by atoms with Crippen LogP contribution in [0.25, 0.3) is 0 Å².